The lowest BCUT2D eigenvalue weighted by atomic mass is 10.1. The van der Waals surface area contributed by atoms with Crippen LogP contribution in [0.25, 0.3) is 0 Å². The number of para-hydroxylation sites is 1. The zero-order valence-corrected chi connectivity index (χ0v) is 16.7. The minimum Gasteiger partial charge on any atom is -0.334 e. The van der Waals surface area contributed by atoms with E-state index in [9.17, 15) is 13.2 Å². The van der Waals surface area contributed by atoms with Crippen LogP contribution in [0.5, 0.6) is 0 Å². The first-order valence-corrected chi connectivity index (χ1v) is 10.1. The van der Waals surface area contributed by atoms with Crippen LogP contribution in [0.2, 0.25) is 0 Å². The van der Waals surface area contributed by atoms with E-state index in [1.807, 2.05) is 18.0 Å². The molecular weight excluding hydrogens is 386 g/mol. The number of anilines is 1. The summed E-state index contributed by atoms with van der Waals surface area (Å²) >= 11 is 0. The van der Waals surface area contributed by atoms with Crippen LogP contribution in [-0.4, -0.2) is 45.4 Å². The van der Waals surface area contributed by atoms with E-state index in [-0.39, 0.29) is 29.3 Å². The van der Waals surface area contributed by atoms with E-state index in [4.69, 9.17) is 0 Å². The van der Waals surface area contributed by atoms with Crippen molar-refractivity contribution in [3.05, 3.63) is 60.2 Å². The number of likely N-dealkylation sites (tertiary alicyclic amines) is 1. The summed E-state index contributed by atoms with van der Waals surface area (Å²) in [4.78, 5) is 14.7. The summed E-state index contributed by atoms with van der Waals surface area (Å²) < 4.78 is 27.5. The second-order valence-corrected chi connectivity index (χ2v) is 8.03. The molecule has 27 heavy (non-hydrogen) atoms. The normalized spacial score (nSPS) is 16.6. The van der Waals surface area contributed by atoms with Crippen LogP contribution in [-0.2, 0) is 10.0 Å². The first-order valence-electron chi connectivity index (χ1n) is 8.65. The van der Waals surface area contributed by atoms with Gasteiger partial charge in [-0.05, 0) is 56.3 Å². The number of halogens is 1. The zero-order valence-electron chi connectivity index (χ0n) is 15.1. The Balaban J connectivity index is 0.00000261. The largest absolute Gasteiger partial charge is 0.334 e. The fourth-order valence-corrected chi connectivity index (χ4v) is 4.27. The number of hydrogen-bond acceptors (Lipinski definition) is 4. The fraction of sp³-hybridized carbons (Fsp3) is 0.316. The van der Waals surface area contributed by atoms with Gasteiger partial charge < -0.3 is 10.2 Å². The highest BCUT2D eigenvalue weighted by atomic mass is 35.5. The molecule has 2 aromatic carbocycles. The number of carbonyl (C=O) groups is 1. The summed E-state index contributed by atoms with van der Waals surface area (Å²) in [5.74, 6) is -0.0530. The average Bonchev–Trinajstić information content (AvgIpc) is 3.10. The van der Waals surface area contributed by atoms with Gasteiger partial charge in [-0.2, -0.15) is 0 Å². The van der Waals surface area contributed by atoms with Crippen molar-refractivity contribution in [2.24, 2.45) is 0 Å². The molecule has 2 N–H and O–H groups in total. The third kappa shape index (κ3) is 5.00. The maximum Gasteiger partial charge on any atom is 0.261 e. The molecule has 8 heteroatoms. The van der Waals surface area contributed by atoms with Crippen LogP contribution >= 0.6 is 12.4 Å². The molecule has 6 nitrogen and oxygen atoms in total. The Labute approximate surface area is 166 Å². The van der Waals surface area contributed by atoms with Gasteiger partial charge >= 0.3 is 0 Å². The number of sulfonamides is 1. The standard InChI is InChI=1S/C19H23N3O3S.ClH/c1-20-14-17-8-5-13-22(17)19(23)15-9-11-18(12-10-15)26(24,25)21-16-6-3-2-4-7-16;/h2-4,6-7,9-12,17,20-21H,5,8,13-14H2,1H3;1H. The van der Waals surface area contributed by atoms with Crippen LogP contribution in [0.15, 0.2) is 59.5 Å². The Kier molecular flexibility index (Phi) is 7.24. The maximum atomic E-state index is 12.7. The van der Waals surface area contributed by atoms with Crippen LogP contribution < -0.4 is 10.0 Å². The molecule has 0 radical (unpaired) electrons. The number of amides is 1. The Morgan fingerprint density at radius 2 is 1.78 bits per heavy atom. The molecule has 0 bridgehead atoms. The molecule has 1 fully saturated rings. The van der Waals surface area contributed by atoms with Crippen molar-refractivity contribution in [2.75, 3.05) is 24.9 Å². The van der Waals surface area contributed by atoms with Crippen molar-refractivity contribution >= 4 is 34.0 Å². The summed E-state index contributed by atoms with van der Waals surface area (Å²) in [6, 6.07) is 15.0. The minimum absolute atomic E-state index is 0. The number of nitrogens with one attached hydrogen (secondary N) is 2. The van der Waals surface area contributed by atoms with Crippen molar-refractivity contribution in [3.63, 3.8) is 0 Å². The van der Waals surface area contributed by atoms with E-state index < -0.39 is 10.0 Å². The molecule has 3 rings (SSSR count). The fourth-order valence-electron chi connectivity index (χ4n) is 3.21. The topological polar surface area (TPSA) is 78.5 Å². The molecule has 1 aliphatic heterocycles. The van der Waals surface area contributed by atoms with E-state index in [0.29, 0.717) is 11.3 Å². The third-order valence-electron chi connectivity index (χ3n) is 4.52. The minimum atomic E-state index is -3.68. The molecule has 2 aromatic rings. The number of rotatable bonds is 6. The van der Waals surface area contributed by atoms with Gasteiger partial charge in [0.1, 0.15) is 0 Å². The number of carbonyl (C=O) groups excluding carboxylic acids is 1. The zero-order chi connectivity index (χ0) is 18.6. The number of likely N-dealkylation sites (N-methyl/N-ethyl adjacent to an activating group) is 1. The van der Waals surface area contributed by atoms with Crippen molar-refractivity contribution in [1.29, 1.82) is 0 Å². The van der Waals surface area contributed by atoms with Crippen molar-refractivity contribution in [3.8, 4) is 0 Å². The number of benzene rings is 2. The van der Waals surface area contributed by atoms with E-state index in [1.165, 1.54) is 12.1 Å². The van der Waals surface area contributed by atoms with Crippen molar-refractivity contribution < 1.29 is 13.2 Å². The van der Waals surface area contributed by atoms with E-state index >= 15 is 0 Å². The quantitative estimate of drug-likeness (QED) is 0.768. The second-order valence-electron chi connectivity index (χ2n) is 6.35. The molecule has 1 unspecified atom stereocenters. The lowest BCUT2D eigenvalue weighted by molar-refractivity contribution is 0.0737. The highest BCUT2D eigenvalue weighted by Gasteiger charge is 2.29. The van der Waals surface area contributed by atoms with Gasteiger partial charge in [0.2, 0.25) is 0 Å². The van der Waals surface area contributed by atoms with E-state index in [1.54, 1.807) is 36.4 Å². The SMILES string of the molecule is CNCC1CCCN1C(=O)c1ccc(S(=O)(=O)Nc2ccccc2)cc1.Cl. The molecule has 0 saturated carbocycles. The van der Waals surface area contributed by atoms with Gasteiger partial charge in [0.25, 0.3) is 15.9 Å². The predicted octanol–water partition coefficient (Wildman–Crippen LogP) is 2.73. The maximum absolute atomic E-state index is 12.7. The van der Waals surface area contributed by atoms with Crippen LogP contribution in [0.1, 0.15) is 23.2 Å². The smallest absolute Gasteiger partial charge is 0.261 e. The molecule has 0 aromatic heterocycles. The molecule has 146 valence electrons. The average molecular weight is 410 g/mol. The summed E-state index contributed by atoms with van der Waals surface area (Å²) in [5.41, 5.74) is 1.01. The molecule has 0 spiro atoms. The molecule has 1 atom stereocenters. The Bertz CT molecular complexity index is 858. The number of hydrogen-bond donors (Lipinski definition) is 2. The molecule has 1 saturated heterocycles. The van der Waals surface area contributed by atoms with Crippen LogP contribution in [0.4, 0.5) is 5.69 Å². The highest BCUT2D eigenvalue weighted by molar-refractivity contribution is 7.92. The van der Waals surface area contributed by atoms with Gasteiger partial charge in [0.05, 0.1) is 4.90 Å². The summed E-state index contributed by atoms with van der Waals surface area (Å²) in [5, 5.41) is 3.12. The van der Waals surface area contributed by atoms with Crippen LogP contribution in [0, 0.1) is 0 Å². The lowest BCUT2D eigenvalue weighted by Crippen LogP contribution is -2.40. The molecule has 0 aliphatic carbocycles. The van der Waals surface area contributed by atoms with Gasteiger partial charge in [0, 0.05) is 30.4 Å². The Hall–Kier alpha value is -2.09. The van der Waals surface area contributed by atoms with Gasteiger partial charge in [-0.1, -0.05) is 18.2 Å². The van der Waals surface area contributed by atoms with E-state index in [2.05, 4.69) is 10.0 Å². The lowest BCUT2D eigenvalue weighted by Gasteiger charge is -2.24. The van der Waals surface area contributed by atoms with E-state index in [0.717, 1.165) is 25.9 Å². The monoisotopic (exact) mass is 409 g/mol. The van der Waals surface area contributed by atoms with Crippen molar-refractivity contribution in [1.82, 2.24) is 10.2 Å². The predicted molar refractivity (Wildman–Crippen MR) is 109 cm³/mol. The summed E-state index contributed by atoms with van der Waals surface area (Å²) in [7, 11) is -1.80. The molecule has 1 amide bonds. The molecular formula is C19H24ClN3O3S. The Morgan fingerprint density at radius 3 is 2.41 bits per heavy atom. The first kappa shape index (κ1) is 21.2. The van der Waals surface area contributed by atoms with Crippen LogP contribution in [0.3, 0.4) is 0 Å². The van der Waals surface area contributed by atoms with Crippen molar-refractivity contribution in [2.45, 2.75) is 23.8 Å². The highest BCUT2D eigenvalue weighted by Crippen LogP contribution is 2.21. The summed E-state index contributed by atoms with van der Waals surface area (Å²) in [6.45, 7) is 1.50. The summed E-state index contributed by atoms with van der Waals surface area (Å²) in [6.07, 6.45) is 1.98. The third-order valence-corrected chi connectivity index (χ3v) is 5.91. The van der Waals surface area contributed by atoms with Gasteiger partial charge in [-0.15, -0.1) is 12.4 Å². The molecule has 1 aliphatic rings. The number of nitrogens with zero attached hydrogens (tertiary/aromatic N) is 1. The second kappa shape index (κ2) is 9.21. The Morgan fingerprint density at radius 1 is 1.11 bits per heavy atom. The first-order chi connectivity index (χ1) is 12.5. The van der Waals surface area contributed by atoms with Gasteiger partial charge in [0.15, 0.2) is 0 Å². The van der Waals surface area contributed by atoms with Gasteiger partial charge in [-0.3, -0.25) is 9.52 Å². The molecule has 1 heterocycles. The van der Waals surface area contributed by atoms with Gasteiger partial charge in [-0.25, -0.2) is 8.42 Å².